The van der Waals surface area contributed by atoms with Gasteiger partial charge in [0.2, 0.25) is 5.91 Å². The number of likely N-dealkylation sites (tertiary alicyclic amines) is 2. The average Bonchev–Trinajstić information content (AvgIpc) is 2.76. The molecule has 1 amide bonds. The van der Waals surface area contributed by atoms with E-state index in [0.717, 1.165) is 52.1 Å². The zero-order valence-electron chi connectivity index (χ0n) is 13.4. The fraction of sp³-hybridized carbons (Fsp3) is 0.938. The summed E-state index contributed by atoms with van der Waals surface area (Å²) in [5.74, 6) is 1.05. The van der Waals surface area contributed by atoms with Crippen LogP contribution in [0.3, 0.4) is 0 Å². The normalized spacial score (nSPS) is 32.5. The van der Waals surface area contributed by atoms with E-state index >= 15 is 0 Å². The number of rotatable bonds is 2. The van der Waals surface area contributed by atoms with Crippen molar-refractivity contribution >= 4 is 5.91 Å². The molecular weight excluding hydrogens is 264 g/mol. The summed E-state index contributed by atoms with van der Waals surface area (Å²) >= 11 is 0. The van der Waals surface area contributed by atoms with Crippen LogP contribution in [0.25, 0.3) is 0 Å². The van der Waals surface area contributed by atoms with Gasteiger partial charge in [0.05, 0.1) is 6.54 Å². The number of nitrogens with zero attached hydrogens (tertiary/aromatic N) is 3. The van der Waals surface area contributed by atoms with E-state index in [4.69, 9.17) is 0 Å². The summed E-state index contributed by atoms with van der Waals surface area (Å²) in [7, 11) is 2.25. The van der Waals surface area contributed by atoms with Gasteiger partial charge in [-0.25, -0.2) is 0 Å². The van der Waals surface area contributed by atoms with Crippen molar-refractivity contribution in [1.82, 2.24) is 20.0 Å². The molecule has 21 heavy (non-hydrogen) atoms. The number of amides is 1. The lowest BCUT2D eigenvalue weighted by Gasteiger charge is -2.46. The number of carbonyl (C=O) groups is 1. The smallest absolute Gasteiger partial charge is 0.236 e. The maximum atomic E-state index is 12.6. The third-order valence-corrected chi connectivity index (χ3v) is 5.49. The molecule has 3 aliphatic rings. The summed E-state index contributed by atoms with van der Waals surface area (Å²) in [5.41, 5.74) is 0. The minimum absolute atomic E-state index is 0.351. The van der Waals surface area contributed by atoms with Gasteiger partial charge in [0, 0.05) is 32.2 Å². The molecule has 0 aliphatic carbocycles. The molecule has 0 bridgehead atoms. The van der Waals surface area contributed by atoms with E-state index in [1.54, 1.807) is 0 Å². The Kier molecular flexibility index (Phi) is 5.14. The van der Waals surface area contributed by atoms with Gasteiger partial charge in [0.25, 0.3) is 0 Å². The van der Waals surface area contributed by atoms with Gasteiger partial charge in [-0.2, -0.15) is 0 Å². The topological polar surface area (TPSA) is 38.8 Å². The Morgan fingerprint density at radius 1 is 1.10 bits per heavy atom. The molecular formula is C16H30N4O. The number of piperidine rings is 2. The summed E-state index contributed by atoms with van der Waals surface area (Å²) in [4.78, 5) is 19.6. The molecule has 3 aliphatic heterocycles. The van der Waals surface area contributed by atoms with Crippen LogP contribution in [-0.2, 0) is 4.79 Å². The van der Waals surface area contributed by atoms with E-state index in [2.05, 4.69) is 27.1 Å². The van der Waals surface area contributed by atoms with Crippen molar-refractivity contribution in [2.24, 2.45) is 5.92 Å². The third kappa shape index (κ3) is 3.76. The lowest BCUT2D eigenvalue weighted by Crippen LogP contribution is -2.55. The number of hydrogen-bond acceptors (Lipinski definition) is 4. The van der Waals surface area contributed by atoms with Crippen molar-refractivity contribution in [3.05, 3.63) is 0 Å². The van der Waals surface area contributed by atoms with Crippen LogP contribution >= 0.6 is 0 Å². The van der Waals surface area contributed by atoms with Crippen LogP contribution in [0, 0.1) is 5.92 Å². The first-order valence-electron chi connectivity index (χ1n) is 8.65. The van der Waals surface area contributed by atoms with Gasteiger partial charge in [-0.05, 0) is 58.3 Å². The van der Waals surface area contributed by atoms with Gasteiger partial charge in [-0.1, -0.05) is 0 Å². The summed E-state index contributed by atoms with van der Waals surface area (Å²) in [6.45, 7) is 7.96. The monoisotopic (exact) mass is 294 g/mol. The molecule has 5 heteroatoms. The van der Waals surface area contributed by atoms with Crippen molar-refractivity contribution in [3.8, 4) is 0 Å². The number of carbonyl (C=O) groups excluding carboxylic acids is 1. The van der Waals surface area contributed by atoms with Gasteiger partial charge in [0.1, 0.15) is 0 Å². The molecule has 0 spiro atoms. The summed E-state index contributed by atoms with van der Waals surface area (Å²) in [6, 6.07) is 0.713. The molecule has 2 unspecified atom stereocenters. The van der Waals surface area contributed by atoms with Gasteiger partial charge in [-0.3, -0.25) is 9.69 Å². The van der Waals surface area contributed by atoms with E-state index in [1.165, 1.54) is 19.4 Å². The van der Waals surface area contributed by atoms with Crippen molar-refractivity contribution in [2.75, 3.05) is 59.4 Å². The maximum Gasteiger partial charge on any atom is 0.236 e. The largest absolute Gasteiger partial charge is 0.341 e. The molecule has 3 saturated heterocycles. The highest BCUT2D eigenvalue weighted by Gasteiger charge is 2.35. The summed E-state index contributed by atoms with van der Waals surface area (Å²) in [6.07, 6.45) is 4.90. The molecule has 120 valence electrons. The molecule has 0 aromatic rings. The lowest BCUT2D eigenvalue weighted by atomic mass is 9.84. The molecule has 0 aromatic heterocycles. The second kappa shape index (κ2) is 7.07. The summed E-state index contributed by atoms with van der Waals surface area (Å²) < 4.78 is 0. The van der Waals surface area contributed by atoms with E-state index in [0.29, 0.717) is 24.4 Å². The highest BCUT2D eigenvalue weighted by atomic mass is 16.2. The van der Waals surface area contributed by atoms with Crippen LogP contribution < -0.4 is 5.32 Å². The van der Waals surface area contributed by atoms with E-state index in [9.17, 15) is 4.79 Å². The predicted molar refractivity (Wildman–Crippen MR) is 84.3 cm³/mol. The molecule has 3 fully saturated rings. The van der Waals surface area contributed by atoms with Gasteiger partial charge in [-0.15, -0.1) is 0 Å². The second-order valence-corrected chi connectivity index (χ2v) is 6.96. The molecule has 0 radical (unpaired) electrons. The van der Waals surface area contributed by atoms with Crippen LogP contribution in [0.2, 0.25) is 0 Å². The standard InChI is InChI=1S/C16H30N4O/c1-18-8-2-4-14-12-20(10-5-15(14)18)16(21)13-19-9-3-6-17-7-11-19/h14-15,17H,2-13H2,1H3. The van der Waals surface area contributed by atoms with Crippen molar-refractivity contribution in [3.63, 3.8) is 0 Å². The molecule has 2 atom stereocenters. The SMILES string of the molecule is CN1CCCC2CN(C(=O)CN3CCCNCC3)CCC21. The Morgan fingerprint density at radius 2 is 2.00 bits per heavy atom. The van der Waals surface area contributed by atoms with Gasteiger partial charge in [0.15, 0.2) is 0 Å². The van der Waals surface area contributed by atoms with E-state index < -0.39 is 0 Å². The van der Waals surface area contributed by atoms with Gasteiger partial charge >= 0.3 is 0 Å². The minimum atomic E-state index is 0.351. The zero-order valence-corrected chi connectivity index (χ0v) is 13.4. The predicted octanol–water partition coefficient (Wildman–Crippen LogP) is 0.224. The van der Waals surface area contributed by atoms with E-state index in [1.807, 2.05) is 0 Å². The third-order valence-electron chi connectivity index (χ3n) is 5.49. The fourth-order valence-corrected chi connectivity index (χ4v) is 4.23. The second-order valence-electron chi connectivity index (χ2n) is 6.96. The number of fused-ring (bicyclic) bond motifs is 1. The van der Waals surface area contributed by atoms with Crippen LogP contribution in [0.1, 0.15) is 25.7 Å². The first-order chi connectivity index (χ1) is 10.2. The number of hydrogen-bond donors (Lipinski definition) is 1. The Morgan fingerprint density at radius 3 is 2.90 bits per heavy atom. The molecule has 3 rings (SSSR count). The quantitative estimate of drug-likeness (QED) is 0.791. The van der Waals surface area contributed by atoms with Crippen molar-refractivity contribution in [2.45, 2.75) is 31.7 Å². The molecule has 3 heterocycles. The Hall–Kier alpha value is -0.650. The Bertz CT molecular complexity index is 354. The van der Waals surface area contributed by atoms with Gasteiger partial charge < -0.3 is 15.1 Å². The van der Waals surface area contributed by atoms with Crippen LogP contribution in [0.15, 0.2) is 0 Å². The fourth-order valence-electron chi connectivity index (χ4n) is 4.23. The first kappa shape index (κ1) is 15.3. The number of nitrogens with one attached hydrogen (secondary N) is 1. The first-order valence-corrected chi connectivity index (χ1v) is 8.65. The highest BCUT2D eigenvalue weighted by Crippen LogP contribution is 2.29. The van der Waals surface area contributed by atoms with Crippen molar-refractivity contribution in [1.29, 1.82) is 0 Å². The van der Waals surface area contributed by atoms with Crippen LogP contribution in [0.5, 0.6) is 0 Å². The van der Waals surface area contributed by atoms with Crippen molar-refractivity contribution < 1.29 is 4.79 Å². The highest BCUT2D eigenvalue weighted by molar-refractivity contribution is 5.78. The average molecular weight is 294 g/mol. The molecule has 1 N–H and O–H groups in total. The zero-order chi connectivity index (χ0) is 14.7. The van der Waals surface area contributed by atoms with E-state index in [-0.39, 0.29) is 0 Å². The molecule has 0 saturated carbocycles. The maximum absolute atomic E-state index is 12.6. The molecule has 5 nitrogen and oxygen atoms in total. The molecule has 0 aromatic carbocycles. The Labute approximate surface area is 128 Å². The van der Waals surface area contributed by atoms with Crippen LogP contribution in [0.4, 0.5) is 0 Å². The minimum Gasteiger partial charge on any atom is -0.341 e. The summed E-state index contributed by atoms with van der Waals surface area (Å²) in [5, 5.41) is 3.40. The lowest BCUT2D eigenvalue weighted by molar-refractivity contribution is -0.135. The Balaban J connectivity index is 1.51. The van der Waals surface area contributed by atoms with Crippen LogP contribution in [-0.4, -0.2) is 86.1 Å².